The average Bonchev–Trinajstić information content (AvgIpc) is 2.38. The largest absolute Gasteiger partial charge is 0.464 e. The van der Waals surface area contributed by atoms with Crippen molar-refractivity contribution in [2.45, 2.75) is 13.5 Å². The van der Waals surface area contributed by atoms with Crippen molar-refractivity contribution >= 4 is 0 Å². The van der Waals surface area contributed by atoms with Crippen molar-refractivity contribution in [2.24, 2.45) is 7.05 Å². The fraction of sp³-hybridized carbons (Fsp3) is 0.714. The third-order valence-corrected chi connectivity index (χ3v) is 1.53. The Labute approximate surface area is 71.7 Å². The zero-order chi connectivity index (χ0) is 8.97. The van der Waals surface area contributed by atoms with Gasteiger partial charge in [0.05, 0.1) is 13.2 Å². The minimum Gasteiger partial charge on any atom is -0.464 e. The van der Waals surface area contributed by atoms with E-state index in [1.807, 2.05) is 25.6 Å². The highest BCUT2D eigenvalue weighted by Gasteiger charge is 2.06. The van der Waals surface area contributed by atoms with Crippen molar-refractivity contribution < 1.29 is 4.74 Å². The van der Waals surface area contributed by atoms with Gasteiger partial charge in [-0.3, -0.25) is 4.57 Å². The molecule has 0 atom stereocenters. The quantitative estimate of drug-likeness (QED) is 0.687. The van der Waals surface area contributed by atoms with E-state index >= 15 is 0 Å². The molecule has 12 heavy (non-hydrogen) atoms. The number of hydrogen-bond acceptors (Lipinski definition) is 4. The third kappa shape index (κ3) is 1.73. The summed E-state index contributed by atoms with van der Waals surface area (Å²) >= 11 is 0. The molecule has 1 rings (SSSR count). The van der Waals surface area contributed by atoms with Gasteiger partial charge in [0.1, 0.15) is 5.82 Å². The number of rotatable bonds is 4. The maximum atomic E-state index is 5.23. The van der Waals surface area contributed by atoms with Crippen LogP contribution < -0.4 is 10.1 Å². The lowest BCUT2D eigenvalue weighted by Crippen LogP contribution is -2.11. The highest BCUT2D eigenvalue weighted by atomic mass is 16.5. The fourth-order valence-corrected chi connectivity index (χ4v) is 0.912. The molecular formula is C7H14N4O. The summed E-state index contributed by atoms with van der Waals surface area (Å²) in [6, 6.07) is 0.572. The average molecular weight is 170 g/mol. The molecule has 0 saturated heterocycles. The lowest BCUT2D eigenvalue weighted by Gasteiger charge is -2.02. The molecule has 0 aliphatic heterocycles. The van der Waals surface area contributed by atoms with Crippen LogP contribution >= 0.6 is 0 Å². The SMILES string of the molecule is CCOc1nnc(CNC)n1C. The Morgan fingerprint density at radius 3 is 2.83 bits per heavy atom. The van der Waals surface area contributed by atoms with Crippen LogP contribution in [0.3, 0.4) is 0 Å². The van der Waals surface area contributed by atoms with Crippen molar-refractivity contribution in [3.05, 3.63) is 5.82 Å². The molecule has 0 saturated carbocycles. The Kier molecular flexibility index (Phi) is 3.04. The van der Waals surface area contributed by atoms with Gasteiger partial charge in [-0.15, -0.1) is 5.10 Å². The smallest absolute Gasteiger partial charge is 0.316 e. The maximum absolute atomic E-state index is 5.23. The number of nitrogens with one attached hydrogen (secondary N) is 1. The molecule has 1 aromatic rings. The van der Waals surface area contributed by atoms with Crippen molar-refractivity contribution in [3.63, 3.8) is 0 Å². The Hall–Kier alpha value is -1.10. The molecule has 68 valence electrons. The first-order valence-corrected chi connectivity index (χ1v) is 3.95. The minimum atomic E-state index is 0.572. The maximum Gasteiger partial charge on any atom is 0.316 e. The summed E-state index contributed by atoms with van der Waals surface area (Å²) < 4.78 is 7.06. The van der Waals surface area contributed by atoms with E-state index < -0.39 is 0 Å². The van der Waals surface area contributed by atoms with Crippen molar-refractivity contribution in [1.82, 2.24) is 20.1 Å². The van der Waals surface area contributed by atoms with E-state index in [0.717, 1.165) is 5.82 Å². The van der Waals surface area contributed by atoms with Crippen LogP contribution in [0.2, 0.25) is 0 Å². The van der Waals surface area contributed by atoms with Gasteiger partial charge in [-0.1, -0.05) is 5.10 Å². The summed E-state index contributed by atoms with van der Waals surface area (Å²) in [5.41, 5.74) is 0. The van der Waals surface area contributed by atoms with Crippen molar-refractivity contribution in [2.75, 3.05) is 13.7 Å². The lowest BCUT2D eigenvalue weighted by molar-refractivity contribution is 0.300. The molecular weight excluding hydrogens is 156 g/mol. The Morgan fingerprint density at radius 1 is 1.50 bits per heavy atom. The van der Waals surface area contributed by atoms with E-state index in [1.165, 1.54) is 0 Å². The minimum absolute atomic E-state index is 0.572. The topological polar surface area (TPSA) is 52.0 Å². The second-order valence-electron chi connectivity index (χ2n) is 2.42. The molecule has 0 unspecified atom stereocenters. The van der Waals surface area contributed by atoms with Gasteiger partial charge in [-0.25, -0.2) is 0 Å². The summed E-state index contributed by atoms with van der Waals surface area (Å²) in [7, 11) is 3.76. The van der Waals surface area contributed by atoms with Crippen molar-refractivity contribution in [3.8, 4) is 6.01 Å². The standard InChI is InChI=1S/C7H14N4O/c1-4-12-7-10-9-6(5-8-2)11(7)3/h8H,4-5H2,1-3H3. The lowest BCUT2D eigenvalue weighted by atomic mass is 10.6. The van der Waals surface area contributed by atoms with Crippen LogP contribution in [0.5, 0.6) is 6.01 Å². The van der Waals surface area contributed by atoms with E-state index in [0.29, 0.717) is 19.2 Å². The molecule has 5 heteroatoms. The van der Waals surface area contributed by atoms with Gasteiger partial charge in [-0.2, -0.15) is 0 Å². The number of aromatic nitrogens is 3. The first-order valence-electron chi connectivity index (χ1n) is 3.95. The van der Waals surface area contributed by atoms with Gasteiger partial charge >= 0.3 is 6.01 Å². The molecule has 0 aliphatic rings. The van der Waals surface area contributed by atoms with E-state index in [4.69, 9.17) is 4.74 Å². The van der Waals surface area contributed by atoms with Gasteiger partial charge in [0.2, 0.25) is 0 Å². The predicted octanol–water partition coefficient (Wildman–Crippen LogP) is -0.0668. The molecule has 5 nitrogen and oxygen atoms in total. The second-order valence-corrected chi connectivity index (χ2v) is 2.42. The predicted molar refractivity (Wildman–Crippen MR) is 44.9 cm³/mol. The third-order valence-electron chi connectivity index (χ3n) is 1.53. The highest BCUT2D eigenvalue weighted by molar-refractivity contribution is 4.99. The number of ether oxygens (including phenoxy) is 1. The zero-order valence-electron chi connectivity index (χ0n) is 7.66. The highest BCUT2D eigenvalue weighted by Crippen LogP contribution is 2.06. The van der Waals surface area contributed by atoms with Crippen LogP contribution in [0.15, 0.2) is 0 Å². The first-order chi connectivity index (χ1) is 5.79. The molecule has 1 heterocycles. The summed E-state index contributed by atoms with van der Waals surface area (Å²) in [6.07, 6.45) is 0. The Balaban J connectivity index is 2.74. The van der Waals surface area contributed by atoms with Gasteiger partial charge in [0, 0.05) is 7.05 Å². The van der Waals surface area contributed by atoms with Crippen LogP contribution in [-0.2, 0) is 13.6 Å². The monoisotopic (exact) mass is 170 g/mol. The van der Waals surface area contributed by atoms with Crippen molar-refractivity contribution in [1.29, 1.82) is 0 Å². The van der Waals surface area contributed by atoms with E-state index in [9.17, 15) is 0 Å². The molecule has 0 fully saturated rings. The number of nitrogens with zero attached hydrogens (tertiary/aromatic N) is 3. The van der Waals surface area contributed by atoms with Crippen LogP contribution in [0.4, 0.5) is 0 Å². The van der Waals surface area contributed by atoms with Crippen LogP contribution in [0.1, 0.15) is 12.7 Å². The van der Waals surface area contributed by atoms with Gasteiger partial charge in [0.15, 0.2) is 0 Å². The molecule has 0 aromatic carbocycles. The summed E-state index contributed by atoms with van der Waals surface area (Å²) in [5.74, 6) is 0.876. The second kappa shape index (κ2) is 4.06. The Bertz CT molecular complexity index is 222. The summed E-state index contributed by atoms with van der Waals surface area (Å²) in [6.45, 7) is 3.24. The molecule has 1 aromatic heterocycles. The number of hydrogen-bond donors (Lipinski definition) is 1. The van der Waals surface area contributed by atoms with Gasteiger partial charge in [-0.05, 0) is 14.0 Å². The molecule has 1 N–H and O–H groups in total. The van der Waals surface area contributed by atoms with Crippen LogP contribution in [0, 0.1) is 0 Å². The van der Waals surface area contributed by atoms with Crippen LogP contribution in [-0.4, -0.2) is 28.4 Å². The van der Waals surface area contributed by atoms with Gasteiger partial charge in [0.25, 0.3) is 0 Å². The summed E-state index contributed by atoms with van der Waals surface area (Å²) in [4.78, 5) is 0. The molecule has 0 spiro atoms. The molecule has 0 aliphatic carbocycles. The van der Waals surface area contributed by atoms with Gasteiger partial charge < -0.3 is 10.1 Å². The zero-order valence-corrected chi connectivity index (χ0v) is 7.66. The fourth-order valence-electron chi connectivity index (χ4n) is 0.912. The van der Waals surface area contributed by atoms with E-state index in [-0.39, 0.29) is 0 Å². The normalized spacial score (nSPS) is 10.2. The summed E-state index contributed by atoms with van der Waals surface area (Å²) in [5, 5.41) is 10.8. The molecule has 0 bridgehead atoms. The van der Waals surface area contributed by atoms with Crippen LogP contribution in [0.25, 0.3) is 0 Å². The van der Waals surface area contributed by atoms with E-state index in [2.05, 4.69) is 15.5 Å². The molecule has 0 radical (unpaired) electrons. The van der Waals surface area contributed by atoms with E-state index in [1.54, 1.807) is 0 Å². The first kappa shape index (κ1) is 8.99. The molecule has 0 amide bonds. The Morgan fingerprint density at radius 2 is 2.25 bits per heavy atom.